The molecule has 0 radical (unpaired) electrons. The van der Waals surface area contributed by atoms with Gasteiger partial charge < -0.3 is 25.2 Å². The number of anilines is 1. The maximum Gasteiger partial charge on any atom is 0.249 e. The van der Waals surface area contributed by atoms with Crippen molar-refractivity contribution in [2.75, 3.05) is 24.3 Å². The third kappa shape index (κ3) is 9.82. The average Bonchev–Trinajstić information content (AvgIpc) is 3.46. The summed E-state index contributed by atoms with van der Waals surface area (Å²) in [5.41, 5.74) is 2.75. The summed E-state index contributed by atoms with van der Waals surface area (Å²) in [6.45, 7) is 2.67. The molecule has 9 nitrogen and oxygen atoms in total. The van der Waals surface area contributed by atoms with Gasteiger partial charge in [-0.05, 0) is 107 Å². The number of nitrogens with one attached hydrogen (secondary N) is 2. The Morgan fingerprint density at radius 1 is 0.736 bits per heavy atom. The van der Waals surface area contributed by atoms with Crippen LogP contribution in [0, 0.1) is 11.8 Å². The number of methoxy groups -OCH3 is 1. The summed E-state index contributed by atoms with van der Waals surface area (Å²) in [7, 11) is 1.60. The van der Waals surface area contributed by atoms with Crippen LogP contribution in [0.2, 0.25) is 0 Å². The van der Waals surface area contributed by atoms with Crippen LogP contribution in [0.1, 0.15) is 75.8 Å². The quantitative estimate of drug-likeness (QED) is 0.206. The van der Waals surface area contributed by atoms with Crippen molar-refractivity contribution in [3.8, 4) is 5.75 Å². The lowest BCUT2D eigenvalue weighted by molar-refractivity contribution is -0.140. The molecule has 3 aliphatic heterocycles. The number of carbonyl (C=O) groups excluding carboxylic acids is 4. The third-order valence-corrected chi connectivity index (χ3v) is 12.4. The van der Waals surface area contributed by atoms with Crippen LogP contribution in [-0.4, -0.2) is 71.4 Å². The molecule has 6 unspecified atom stereocenters. The topological polar surface area (TPSA) is 108 Å². The van der Waals surface area contributed by atoms with Gasteiger partial charge in [0.15, 0.2) is 0 Å². The van der Waals surface area contributed by atoms with Crippen molar-refractivity contribution in [2.24, 2.45) is 11.8 Å². The monoisotopic (exact) mass is 738 g/mol. The summed E-state index contributed by atoms with van der Waals surface area (Å²) in [5, 5.41) is 6.52. The second-order valence-electron chi connectivity index (χ2n) is 14.8. The van der Waals surface area contributed by atoms with Crippen molar-refractivity contribution in [1.29, 1.82) is 0 Å². The van der Waals surface area contributed by atoms with Crippen molar-refractivity contribution < 1.29 is 23.9 Å². The number of ether oxygens (including phenoxy) is 1. The van der Waals surface area contributed by atoms with Crippen molar-refractivity contribution in [3.05, 3.63) is 96.1 Å². The number of hydrogen-bond acceptors (Lipinski definition) is 6. The van der Waals surface area contributed by atoms with E-state index in [4.69, 9.17) is 4.74 Å². The van der Waals surface area contributed by atoms with Gasteiger partial charge in [0.2, 0.25) is 23.6 Å². The summed E-state index contributed by atoms with van der Waals surface area (Å²) < 4.78 is 5.58. The van der Waals surface area contributed by atoms with Gasteiger partial charge in [-0.15, -0.1) is 11.8 Å². The molecule has 53 heavy (non-hydrogen) atoms. The molecule has 3 aromatic carbocycles. The van der Waals surface area contributed by atoms with E-state index < -0.39 is 23.9 Å². The summed E-state index contributed by atoms with van der Waals surface area (Å²) in [4.78, 5) is 60.1. The Labute approximate surface area is 318 Å². The molecule has 3 heterocycles. The first kappa shape index (κ1) is 38.4. The third-order valence-electron chi connectivity index (χ3n) is 11.1. The minimum absolute atomic E-state index is 0.0237. The Bertz CT molecular complexity index is 1690. The van der Waals surface area contributed by atoms with Crippen LogP contribution >= 0.6 is 11.8 Å². The molecule has 4 amide bonds. The normalized spacial score (nSPS) is 23.2. The van der Waals surface area contributed by atoms with Gasteiger partial charge in [0, 0.05) is 24.4 Å². The Morgan fingerprint density at radius 3 is 1.94 bits per heavy atom. The lowest BCUT2D eigenvalue weighted by atomic mass is 9.86. The summed E-state index contributed by atoms with van der Waals surface area (Å²) >= 11 is 1.83. The van der Waals surface area contributed by atoms with Gasteiger partial charge in [0.1, 0.15) is 17.8 Å². The predicted octanol–water partition coefficient (Wildman–Crippen LogP) is 6.54. The molecular formula is C43H54N4O5S. The number of carbonyl (C=O) groups is 4. The fourth-order valence-corrected chi connectivity index (χ4v) is 9.58. The lowest BCUT2D eigenvalue weighted by Crippen LogP contribution is -2.55. The second kappa shape index (κ2) is 18.6. The first-order valence-corrected chi connectivity index (χ1v) is 20.4. The highest BCUT2D eigenvalue weighted by Crippen LogP contribution is 2.35. The first-order valence-electron chi connectivity index (χ1n) is 19.4. The van der Waals surface area contributed by atoms with E-state index in [0.717, 1.165) is 49.0 Å². The number of fused-ring (bicyclic) bond motifs is 1. The molecule has 10 heteroatoms. The Balaban J connectivity index is 1.19. The zero-order valence-electron chi connectivity index (χ0n) is 31.1. The van der Waals surface area contributed by atoms with E-state index in [1.54, 1.807) is 12.0 Å². The van der Waals surface area contributed by atoms with Crippen LogP contribution in [0.4, 0.5) is 5.69 Å². The zero-order chi connectivity index (χ0) is 37.2. The molecular weight excluding hydrogens is 685 g/mol. The van der Waals surface area contributed by atoms with Gasteiger partial charge in [-0.1, -0.05) is 72.8 Å². The van der Waals surface area contributed by atoms with Crippen molar-refractivity contribution in [3.63, 3.8) is 0 Å². The van der Waals surface area contributed by atoms with E-state index in [1.165, 1.54) is 0 Å². The van der Waals surface area contributed by atoms with Crippen LogP contribution < -0.4 is 20.3 Å². The number of amides is 4. The van der Waals surface area contributed by atoms with E-state index in [-0.39, 0.29) is 35.0 Å². The molecule has 3 aliphatic rings. The summed E-state index contributed by atoms with van der Waals surface area (Å²) in [5.74, 6) is 0.0769. The fourth-order valence-electron chi connectivity index (χ4n) is 8.13. The number of nitrogens with zero attached hydrogens (tertiary/aromatic N) is 2. The second-order valence-corrected chi connectivity index (χ2v) is 16.1. The van der Waals surface area contributed by atoms with E-state index >= 15 is 0 Å². The van der Waals surface area contributed by atoms with Gasteiger partial charge in [-0.2, -0.15) is 0 Å². The lowest BCUT2D eigenvalue weighted by Gasteiger charge is -2.40. The first-order chi connectivity index (χ1) is 25.8. The highest BCUT2D eigenvalue weighted by atomic mass is 32.2. The van der Waals surface area contributed by atoms with Gasteiger partial charge in [0.05, 0.1) is 18.2 Å². The predicted molar refractivity (Wildman–Crippen MR) is 211 cm³/mol. The number of rotatable bonds is 13. The van der Waals surface area contributed by atoms with Gasteiger partial charge in [-0.25, -0.2) is 0 Å². The number of para-hydroxylation sites is 2. The molecule has 2 N–H and O–H groups in total. The van der Waals surface area contributed by atoms with E-state index in [2.05, 4.69) is 17.6 Å². The molecule has 3 aromatic rings. The number of benzene rings is 3. The van der Waals surface area contributed by atoms with Gasteiger partial charge in [-0.3, -0.25) is 19.2 Å². The smallest absolute Gasteiger partial charge is 0.249 e. The van der Waals surface area contributed by atoms with Crippen molar-refractivity contribution >= 4 is 41.1 Å². The highest BCUT2D eigenvalue weighted by molar-refractivity contribution is 7.99. The minimum atomic E-state index is -0.670. The molecule has 0 aliphatic carbocycles. The standard InChI is InChI=1S/C43H54N4O5S/c1-30-14-13-22-39-47(30)43(51)36(25-27-53-39)45-41(49)34(29-32-17-7-4-8-18-32)24-23-33(28-31-15-5-3-6-16-31)40(48)44-35-19-11-12-26-46(42(35)50)37-20-9-10-21-38(37)52-2/h3-10,15-18,20-21,30,33-36,39H,11-14,19,22-29H2,1-2H3,(H,44,48)(H,45,49). The molecule has 3 saturated heterocycles. The van der Waals surface area contributed by atoms with Crippen molar-refractivity contribution in [1.82, 2.24) is 15.5 Å². The van der Waals surface area contributed by atoms with Crippen LogP contribution in [-0.2, 0) is 32.0 Å². The van der Waals surface area contributed by atoms with Crippen LogP contribution in [0.3, 0.4) is 0 Å². The van der Waals surface area contributed by atoms with Gasteiger partial charge in [0.25, 0.3) is 0 Å². The van der Waals surface area contributed by atoms with Crippen molar-refractivity contribution in [2.45, 2.75) is 101 Å². The van der Waals surface area contributed by atoms with E-state index in [9.17, 15) is 19.2 Å². The molecule has 0 aromatic heterocycles. The number of piperidine rings is 1. The Kier molecular flexibility index (Phi) is 13.5. The van der Waals surface area contributed by atoms with Crippen LogP contribution in [0.25, 0.3) is 0 Å². The number of hydrogen-bond donors (Lipinski definition) is 2. The Hall–Kier alpha value is -4.31. The van der Waals surface area contributed by atoms with Gasteiger partial charge >= 0.3 is 0 Å². The summed E-state index contributed by atoms with van der Waals surface area (Å²) in [6, 6.07) is 26.3. The molecule has 0 bridgehead atoms. The fraction of sp³-hybridized carbons (Fsp3) is 0.488. The molecule has 6 rings (SSSR count). The molecule has 3 fully saturated rings. The van der Waals surface area contributed by atoms with E-state index in [0.29, 0.717) is 56.5 Å². The average molecular weight is 739 g/mol. The maximum absolute atomic E-state index is 14.3. The van der Waals surface area contributed by atoms with E-state index in [1.807, 2.05) is 102 Å². The molecule has 0 spiro atoms. The Morgan fingerprint density at radius 2 is 1.32 bits per heavy atom. The highest BCUT2D eigenvalue weighted by Gasteiger charge is 2.39. The number of thioether (sulfide) groups is 1. The minimum Gasteiger partial charge on any atom is -0.495 e. The largest absolute Gasteiger partial charge is 0.495 e. The zero-order valence-corrected chi connectivity index (χ0v) is 31.9. The maximum atomic E-state index is 14.3. The molecule has 0 saturated carbocycles. The van der Waals surface area contributed by atoms with Crippen LogP contribution in [0.5, 0.6) is 5.75 Å². The summed E-state index contributed by atoms with van der Waals surface area (Å²) in [6.07, 6.45) is 7.76. The van der Waals surface area contributed by atoms with Crippen LogP contribution in [0.15, 0.2) is 84.9 Å². The molecule has 6 atom stereocenters. The molecule has 282 valence electrons. The SMILES string of the molecule is COc1ccccc1N1CCCCC(NC(=O)C(CCC(Cc2ccccc2)C(=O)NC2CCSC3CCCC(C)N3C2=O)Cc2ccccc2)C1=O.